The average molecular weight is 513 g/mol. The summed E-state index contributed by atoms with van der Waals surface area (Å²) in [6, 6.07) is 0. The number of allylic oxidation sites excluding steroid dienone is 6. The van der Waals surface area contributed by atoms with Gasteiger partial charge in [0.2, 0.25) is 0 Å². The lowest BCUT2D eigenvalue weighted by Crippen LogP contribution is -2.51. The van der Waals surface area contributed by atoms with Crippen LogP contribution in [0.15, 0.2) is 48.1 Å². The molecule has 3 rings (SSSR count). The van der Waals surface area contributed by atoms with Gasteiger partial charge in [0.15, 0.2) is 8.32 Å². The largest absolute Gasteiger partial charge is 0.469 e. The predicted octanol–water partition coefficient (Wildman–Crippen LogP) is 7.15. The van der Waals surface area contributed by atoms with Crippen LogP contribution >= 0.6 is 0 Å². The molecule has 0 heterocycles. The minimum absolute atomic E-state index is 0.0119. The van der Waals surface area contributed by atoms with Crippen LogP contribution in [0.5, 0.6) is 0 Å². The van der Waals surface area contributed by atoms with E-state index in [-0.39, 0.29) is 52.4 Å². The standard InChI is InChI=1S/C31H48O4Si/c1-12-13-14-15-16-24-23(18-17-19(2)28(24)35-36(9,10)11)27(32)25-26(29(33)34-8)31(7)21(4)20(3)30(25,6)22(31)5/h12-16,19,22-26,28H,1,17-18H2,2-11H3/b14-13+,16-15+/t19-,22-,23-,24+,25+,26+,28+,30+,31-/m1/s1. The van der Waals surface area contributed by atoms with Crippen LogP contribution in [0.4, 0.5) is 0 Å². The van der Waals surface area contributed by atoms with Gasteiger partial charge in [0.1, 0.15) is 5.78 Å². The molecule has 36 heavy (non-hydrogen) atoms. The van der Waals surface area contributed by atoms with E-state index in [1.54, 1.807) is 6.08 Å². The molecule has 3 aliphatic rings. The zero-order chi connectivity index (χ0) is 27.2. The van der Waals surface area contributed by atoms with Crippen LogP contribution in [0, 0.1) is 46.3 Å². The van der Waals surface area contributed by atoms with Crippen molar-refractivity contribution in [2.24, 2.45) is 46.3 Å². The summed E-state index contributed by atoms with van der Waals surface area (Å²) < 4.78 is 12.1. The Hall–Kier alpha value is -1.72. The molecule has 0 aromatic carbocycles. The smallest absolute Gasteiger partial charge is 0.310 e. The van der Waals surface area contributed by atoms with Crippen molar-refractivity contribution in [3.05, 3.63) is 48.1 Å². The number of ether oxygens (including phenoxy) is 1. The quantitative estimate of drug-likeness (QED) is 0.150. The number of hydrogen-bond acceptors (Lipinski definition) is 4. The van der Waals surface area contributed by atoms with Crippen molar-refractivity contribution in [1.82, 2.24) is 0 Å². The molecule has 5 heteroatoms. The lowest BCUT2D eigenvalue weighted by molar-refractivity contribution is -0.155. The van der Waals surface area contributed by atoms with Gasteiger partial charge in [-0.2, -0.15) is 0 Å². The normalized spacial score (nSPS) is 40.9. The Morgan fingerprint density at radius 1 is 0.972 bits per heavy atom. The lowest BCUT2D eigenvalue weighted by Gasteiger charge is -2.46. The molecule has 2 fully saturated rings. The maximum absolute atomic E-state index is 14.7. The van der Waals surface area contributed by atoms with Crippen LogP contribution < -0.4 is 0 Å². The first-order valence-corrected chi connectivity index (χ1v) is 17.0. The Labute approximate surface area is 220 Å². The van der Waals surface area contributed by atoms with Gasteiger partial charge in [0, 0.05) is 28.6 Å². The predicted molar refractivity (Wildman–Crippen MR) is 150 cm³/mol. The molecule has 0 amide bonds. The highest BCUT2D eigenvalue weighted by atomic mass is 28.4. The molecule has 0 saturated heterocycles. The SMILES string of the molecule is C=C/C=C/C=C/[C@@H]1[C@@H](O[Si](C)(C)C)[C@H](C)CC[C@H]1C(=O)[C@@H]1[C@@H](C(=O)OC)[C@]2(C)C(C)=C(C)[C@@]1(C)[C@H]2C. The van der Waals surface area contributed by atoms with Gasteiger partial charge >= 0.3 is 5.97 Å². The third-order valence-corrected chi connectivity index (χ3v) is 11.2. The molecule has 9 atom stereocenters. The summed E-state index contributed by atoms with van der Waals surface area (Å²) >= 11 is 0. The van der Waals surface area contributed by atoms with E-state index in [1.165, 1.54) is 18.3 Å². The van der Waals surface area contributed by atoms with Gasteiger partial charge in [0.25, 0.3) is 0 Å². The molecule has 2 bridgehead atoms. The van der Waals surface area contributed by atoms with Gasteiger partial charge in [-0.3, -0.25) is 9.59 Å². The summed E-state index contributed by atoms with van der Waals surface area (Å²) in [6.07, 6.45) is 11.6. The molecule has 0 radical (unpaired) electrons. The molecule has 200 valence electrons. The number of fused-ring (bicyclic) bond motifs is 2. The van der Waals surface area contributed by atoms with Crippen LogP contribution in [-0.2, 0) is 18.8 Å². The summed E-state index contributed by atoms with van der Waals surface area (Å²) in [5, 5.41) is 0. The van der Waals surface area contributed by atoms with E-state index < -0.39 is 14.2 Å². The third kappa shape index (κ3) is 4.45. The van der Waals surface area contributed by atoms with E-state index in [1.807, 2.05) is 18.2 Å². The third-order valence-electron chi connectivity index (χ3n) is 10.2. The maximum atomic E-state index is 14.7. The van der Waals surface area contributed by atoms with Crippen molar-refractivity contribution in [3.8, 4) is 0 Å². The number of methoxy groups -OCH3 is 1. The Balaban J connectivity index is 2.11. The summed E-state index contributed by atoms with van der Waals surface area (Å²) in [7, 11) is -0.394. The summed E-state index contributed by atoms with van der Waals surface area (Å²) in [5.74, 6) is -0.550. The van der Waals surface area contributed by atoms with Crippen LogP contribution in [0.2, 0.25) is 19.6 Å². The fourth-order valence-corrected chi connectivity index (χ4v) is 9.10. The number of carbonyl (C=O) groups is 2. The second kappa shape index (κ2) is 10.2. The fraction of sp³-hybridized carbons (Fsp3) is 0.677. The van der Waals surface area contributed by atoms with Gasteiger partial charge in [-0.05, 0) is 58.2 Å². The molecule has 0 aromatic heterocycles. The number of ketones is 1. The van der Waals surface area contributed by atoms with Gasteiger partial charge in [-0.1, -0.05) is 75.8 Å². The van der Waals surface area contributed by atoms with E-state index in [2.05, 4.69) is 73.8 Å². The monoisotopic (exact) mass is 512 g/mol. The second-order valence-corrected chi connectivity index (χ2v) is 17.3. The number of esters is 1. The number of carbonyl (C=O) groups excluding carboxylic acids is 2. The van der Waals surface area contributed by atoms with Gasteiger partial charge in [0.05, 0.1) is 19.1 Å². The topological polar surface area (TPSA) is 52.6 Å². The highest BCUT2D eigenvalue weighted by molar-refractivity contribution is 6.69. The molecule has 3 aliphatic carbocycles. The Morgan fingerprint density at radius 3 is 2.08 bits per heavy atom. The first kappa shape index (κ1) is 28.8. The van der Waals surface area contributed by atoms with Crippen LogP contribution in [-0.4, -0.2) is 33.3 Å². The zero-order valence-electron chi connectivity index (χ0n) is 24.2. The Morgan fingerprint density at radius 2 is 1.56 bits per heavy atom. The highest BCUT2D eigenvalue weighted by Gasteiger charge is 2.72. The fourth-order valence-electron chi connectivity index (χ4n) is 7.90. The van der Waals surface area contributed by atoms with Crippen molar-refractivity contribution in [1.29, 1.82) is 0 Å². The minimum Gasteiger partial charge on any atom is -0.469 e. The van der Waals surface area contributed by atoms with Gasteiger partial charge < -0.3 is 9.16 Å². The summed E-state index contributed by atoms with van der Waals surface area (Å²) in [6.45, 7) is 23.6. The number of rotatable bonds is 8. The van der Waals surface area contributed by atoms with Gasteiger partial charge in [-0.25, -0.2) is 0 Å². The van der Waals surface area contributed by atoms with Crippen LogP contribution in [0.1, 0.15) is 54.4 Å². The molecule has 0 spiro atoms. The van der Waals surface area contributed by atoms with Gasteiger partial charge in [-0.15, -0.1) is 0 Å². The number of hydrogen-bond donors (Lipinski definition) is 0. The molecule has 4 nitrogen and oxygen atoms in total. The van der Waals surface area contributed by atoms with E-state index >= 15 is 0 Å². The highest BCUT2D eigenvalue weighted by Crippen LogP contribution is 2.73. The molecule has 0 aromatic rings. The first-order chi connectivity index (χ1) is 16.7. The van der Waals surface area contributed by atoms with E-state index in [4.69, 9.17) is 9.16 Å². The minimum atomic E-state index is -1.85. The van der Waals surface area contributed by atoms with Crippen molar-refractivity contribution in [2.75, 3.05) is 7.11 Å². The van der Waals surface area contributed by atoms with E-state index in [0.717, 1.165) is 12.8 Å². The summed E-state index contributed by atoms with van der Waals surface area (Å²) in [5.41, 5.74) is 1.79. The molecular formula is C31H48O4Si. The van der Waals surface area contributed by atoms with E-state index in [9.17, 15) is 9.59 Å². The van der Waals surface area contributed by atoms with Crippen molar-refractivity contribution in [2.45, 2.75) is 80.1 Å². The molecule has 0 N–H and O–H groups in total. The van der Waals surface area contributed by atoms with Crippen molar-refractivity contribution in [3.63, 3.8) is 0 Å². The first-order valence-electron chi connectivity index (χ1n) is 13.6. The summed E-state index contributed by atoms with van der Waals surface area (Å²) in [4.78, 5) is 28.1. The number of Topliss-reactive ketones (excluding diaryl/α,β-unsaturated/α-hetero) is 1. The molecule has 0 unspecified atom stereocenters. The molecule has 0 aliphatic heterocycles. The van der Waals surface area contributed by atoms with Crippen LogP contribution in [0.25, 0.3) is 0 Å². The van der Waals surface area contributed by atoms with Crippen molar-refractivity contribution < 1.29 is 18.8 Å². The average Bonchev–Trinajstić information content (AvgIpc) is 3.07. The zero-order valence-corrected chi connectivity index (χ0v) is 25.2. The van der Waals surface area contributed by atoms with E-state index in [0.29, 0.717) is 5.92 Å². The van der Waals surface area contributed by atoms with Crippen molar-refractivity contribution >= 4 is 20.1 Å². The molecular weight excluding hydrogens is 464 g/mol. The Bertz CT molecular complexity index is 985. The Kier molecular flexibility index (Phi) is 8.18. The van der Waals surface area contributed by atoms with Crippen LogP contribution in [0.3, 0.4) is 0 Å². The molecule has 2 saturated carbocycles. The second-order valence-electron chi connectivity index (χ2n) is 12.9. The maximum Gasteiger partial charge on any atom is 0.310 e. The lowest BCUT2D eigenvalue weighted by atomic mass is 9.59.